The summed E-state index contributed by atoms with van der Waals surface area (Å²) in [5, 5.41) is 15.6. The molecule has 4 unspecified atom stereocenters. The van der Waals surface area contributed by atoms with Gasteiger partial charge in [-0.05, 0) is 233 Å². The van der Waals surface area contributed by atoms with E-state index in [1.165, 1.54) is 38.9 Å². The van der Waals surface area contributed by atoms with Crippen LogP contribution in [0.25, 0.3) is 0 Å². The van der Waals surface area contributed by atoms with Crippen molar-refractivity contribution in [3.05, 3.63) is 140 Å². The molecule has 0 bridgehead atoms. The van der Waals surface area contributed by atoms with Crippen LogP contribution in [-0.2, 0) is 44.9 Å². The van der Waals surface area contributed by atoms with Gasteiger partial charge in [-0.2, -0.15) is 0 Å². The van der Waals surface area contributed by atoms with Crippen molar-refractivity contribution < 1.29 is 19.2 Å². The second kappa shape index (κ2) is 36.4. The molecule has 0 amide bonds. The molecule has 0 aromatic heterocycles. The van der Waals surface area contributed by atoms with Gasteiger partial charge in [0, 0.05) is 53.9 Å². The molecule has 502 valence electrons. The summed E-state index contributed by atoms with van der Waals surface area (Å²) < 4.78 is 0. The van der Waals surface area contributed by atoms with Crippen LogP contribution in [-0.4, -0.2) is 69.5 Å². The average molecular weight is 1270 g/mol. The van der Waals surface area contributed by atoms with E-state index in [9.17, 15) is 19.2 Å². The third-order valence-corrected chi connectivity index (χ3v) is 15.3. The summed E-state index contributed by atoms with van der Waals surface area (Å²) in [6.07, 6.45) is 11.5. The van der Waals surface area contributed by atoms with Crippen LogP contribution in [0.15, 0.2) is 91.0 Å². The average Bonchev–Trinajstić information content (AvgIpc) is 1.60. The molecule has 0 radical (unpaired) electrons. The molecule has 0 spiro atoms. The number of halogens is 2. The minimum atomic E-state index is -0.320. The Morgan fingerprint density at radius 1 is 0.337 bits per heavy atom. The Bertz CT molecular complexity index is 2740. The molecule has 10 heteroatoms. The van der Waals surface area contributed by atoms with Crippen molar-refractivity contribution in [3.8, 4) is 0 Å². The fourth-order valence-corrected chi connectivity index (χ4v) is 11.2. The third kappa shape index (κ3) is 37.3. The molecule has 0 aliphatic heterocycles. The van der Waals surface area contributed by atoms with E-state index < -0.39 is 0 Å². The first-order valence-corrected chi connectivity index (χ1v) is 34.0. The Morgan fingerprint density at radius 3 is 0.955 bits per heavy atom. The summed E-state index contributed by atoms with van der Waals surface area (Å²) in [4.78, 5) is 50.7. The van der Waals surface area contributed by atoms with Crippen molar-refractivity contribution in [2.24, 2.45) is 21.7 Å². The van der Waals surface area contributed by atoms with Crippen LogP contribution in [0.5, 0.6) is 0 Å². The van der Waals surface area contributed by atoms with Crippen molar-refractivity contribution in [3.63, 3.8) is 0 Å². The van der Waals surface area contributed by atoms with Gasteiger partial charge in [-0.15, -0.1) is 0 Å². The second-order valence-electron chi connectivity index (χ2n) is 33.5. The highest BCUT2D eigenvalue weighted by Gasteiger charge is 2.35. The van der Waals surface area contributed by atoms with Crippen molar-refractivity contribution in [2.75, 3.05) is 0 Å². The first kappa shape index (κ1) is 83.0. The van der Waals surface area contributed by atoms with E-state index in [4.69, 9.17) is 23.2 Å². The molecule has 89 heavy (non-hydrogen) atoms. The normalized spacial score (nSPS) is 13.9. The zero-order chi connectivity index (χ0) is 68.7. The summed E-state index contributed by atoms with van der Waals surface area (Å²) in [5.74, 6) is 1.20. The van der Waals surface area contributed by atoms with Crippen molar-refractivity contribution in [1.82, 2.24) is 21.3 Å². The maximum absolute atomic E-state index is 12.7. The summed E-state index contributed by atoms with van der Waals surface area (Å²) in [7, 11) is 0. The summed E-state index contributed by atoms with van der Waals surface area (Å²) >= 11 is 12.0. The number of carbonyl (C=O) groups is 4. The van der Waals surface area contributed by atoms with E-state index in [1.54, 1.807) is 0 Å². The van der Waals surface area contributed by atoms with Gasteiger partial charge in [0.2, 0.25) is 0 Å². The van der Waals surface area contributed by atoms with E-state index in [-0.39, 0.29) is 73.8 Å². The molecular weight excluding hydrogens is 1140 g/mol. The highest BCUT2D eigenvalue weighted by molar-refractivity contribution is 6.30. The molecule has 0 fully saturated rings. The number of hydrogen-bond acceptors (Lipinski definition) is 8. The van der Waals surface area contributed by atoms with Crippen LogP contribution in [0.4, 0.5) is 0 Å². The standard InChI is InChI=1S/C21H35NO.C20H32ClNO.C19H30ClNO.C19H31NO/c1-15-12-16(2)14-17(13-15)10-9-11-18(22-21(6,7)8)19(23)20(3,4)5;1-14-13-16(21)12-11-15(14)9-8-10-17(22-20(5,6)7)18(23)19(2,3)4;1-18(2,3)17(22)16(21-19(4,5)6)12-8-10-14-9-7-11-15(20)13-14;1-18(2,3)17(21)16(20-19(4,5)6)14-10-13-15-11-8-7-9-12-15/h12-14,18,22H,9-11H2,1-8H3;11-13,17,22H,8-10H2,1-7H3;7,9,11,13,16,21H,8,10,12H2,1-6H3;7-9,11-12,16,20H,10,13-14H2,1-6H3. The Labute approximate surface area is 555 Å². The lowest BCUT2D eigenvalue weighted by Crippen LogP contribution is -2.50. The van der Waals surface area contributed by atoms with E-state index in [2.05, 4.69) is 180 Å². The lowest BCUT2D eigenvalue weighted by atomic mass is 9.83. The zero-order valence-corrected chi connectivity index (χ0v) is 62.9. The van der Waals surface area contributed by atoms with Crippen LogP contribution in [0.2, 0.25) is 10.0 Å². The fraction of sp³-hybridized carbons (Fsp3) is 0.646. The zero-order valence-electron chi connectivity index (χ0n) is 61.3. The molecule has 0 saturated heterocycles. The molecule has 4 rings (SSSR count). The minimum Gasteiger partial charge on any atom is -0.303 e. The highest BCUT2D eigenvalue weighted by atomic mass is 35.5. The quantitative estimate of drug-likeness (QED) is 0.0548. The molecule has 4 atom stereocenters. The van der Waals surface area contributed by atoms with E-state index in [0.717, 1.165) is 87.1 Å². The highest BCUT2D eigenvalue weighted by Crippen LogP contribution is 2.27. The van der Waals surface area contributed by atoms with Gasteiger partial charge in [0.1, 0.15) is 0 Å². The first-order chi connectivity index (χ1) is 40.4. The molecule has 8 nitrogen and oxygen atoms in total. The smallest absolute Gasteiger partial charge is 0.155 e. The number of carbonyl (C=O) groups excluding carboxylic acids is 4. The Balaban J connectivity index is 0.000000594. The predicted molar refractivity (Wildman–Crippen MR) is 386 cm³/mol. The molecule has 0 heterocycles. The van der Waals surface area contributed by atoms with Gasteiger partial charge in [0.05, 0.1) is 24.2 Å². The Morgan fingerprint density at radius 2 is 0.640 bits per heavy atom. The molecule has 4 aromatic rings. The Hall–Kier alpha value is -4.02. The number of benzene rings is 4. The molecular formula is C79H128Cl2N4O4. The van der Waals surface area contributed by atoms with Gasteiger partial charge in [-0.1, -0.05) is 184 Å². The number of aryl methyl sites for hydroxylation is 7. The SMILES string of the molecule is CC(C)(C)NC(CCCc1cccc(Cl)c1)C(=O)C(C)(C)C.CC(C)(C)NC(CCCc1ccccc1)C(=O)C(C)(C)C.Cc1cc(C)cc(CCCC(NC(C)(C)C)C(=O)C(C)(C)C)c1.Cc1cc(Cl)ccc1CCCC(NC(C)(C)C)C(=O)C(C)(C)C. The summed E-state index contributed by atoms with van der Waals surface area (Å²) in [6, 6.07) is 30.9. The number of Topliss-reactive ketones (excluding diaryl/α,β-unsaturated/α-hetero) is 4. The number of nitrogens with one attached hydrogen (secondary N) is 4. The second-order valence-corrected chi connectivity index (χ2v) is 34.4. The number of ketones is 4. The summed E-state index contributed by atoms with van der Waals surface area (Å²) in [5.41, 5.74) is 7.64. The number of rotatable bonds is 24. The molecule has 0 aliphatic rings. The van der Waals surface area contributed by atoms with E-state index >= 15 is 0 Å². The lowest BCUT2D eigenvalue weighted by Gasteiger charge is -2.32. The molecule has 0 saturated carbocycles. The van der Waals surface area contributed by atoms with Crippen LogP contribution in [0.1, 0.15) is 256 Å². The van der Waals surface area contributed by atoms with Gasteiger partial charge in [0.25, 0.3) is 0 Å². The van der Waals surface area contributed by atoms with Gasteiger partial charge in [-0.25, -0.2) is 0 Å². The summed E-state index contributed by atoms with van der Waals surface area (Å²) in [6.45, 7) is 55.7. The van der Waals surface area contributed by atoms with Crippen LogP contribution in [0, 0.1) is 42.4 Å². The van der Waals surface area contributed by atoms with Crippen LogP contribution >= 0.6 is 23.2 Å². The van der Waals surface area contributed by atoms with Crippen molar-refractivity contribution >= 4 is 46.3 Å². The predicted octanol–water partition coefficient (Wildman–Crippen LogP) is 19.8. The van der Waals surface area contributed by atoms with Gasteiger partial charge >= 0.3 is 0 Å². The van der Waals surface area contributed by atoms with Gasteiger partial charge in [0.15, 0.2) is 23.1 Å². The van der Waals surface area contributed by atoms with Crippen LogP contribution < -0.4 is 21.3 Å². The van der Waals surface area contributed by atoms with Gasteiger partial charge < -0.3 is 21.3 Å². The lowest BCUT2D eigenvalue weighted by molar-refractivity contribution is -0.129. The van der Waals surface area contributed by atoms with Crippen LogP contribution in [0.3, 0.4) is 0 Å². The molecule has 4 N–H and O–H groups in total. The largest absolute Gasteiger partial charge is 0.303 e. The molecule has 4 aromatic carbocycles. The van der Waals surface area contributed by atoms with Crippen molar-refractivity contribution in [1.29, 1.82) is 0 Å². The molecule has 0 aliphatic carbocycles. The van der Waals surface area contributed by atoms with E-state index in [1.807, 2.05) is 119 Å². The fourth-order valence-electron chi connectivity index (χ4n) is 10.8. The minimum absolute atomic E-state index is 0.0433. The maximum Gasteiger partial charge on any atom is 0.155 e. The van der Waals surface area contributed by atoms with Gasteiger partial charge in [-0.3, -0.25) is 19.2 Å². The topological polar surface area (TPSA) is 116 Å². The maximum atomic E-state index is 12.7. The third-order valence-electron chi connectivity index (χ3n) is 14.8. The van der Waals surface area contributed by atoms with Crippen molar-refractivity contribution in [2.45, 2.75) is 310 Å². The number of hydrogen-bond donors (Lipinski definition) is 4. The first-order valence-electron chi connectivity index (χ1n) is 33.3. The Kier molecular flexibility index (Phi) is 34.0. The van der Waals surface area contributed by atoms with E-state index in [0.29, 0.717) is 17.3 Å². The monoisotopic (exact) mass is 1270 g/mol.